The molecule has 0 fully saturated rings. The summed E-state index contributed by atoms with van der Waals surface area (Å²) in [6.07, 6.45) is 2.12. The zero-order valence-electron chi connectivity index (χ0n) is 30.7. The Kier molecular flexibility index (Phi) is 12.0. The maximum absolute atomic E-state index is 13.9. The summed E-state index contributed by atoms with van der Waals surface area (Å²) in [7, 11) is 3.55. The number of hydrogen-bond donors (Lipinski definition) is 1. The van der Waals surface area contributed by atoms with Crippen LogP contribution in [0.3, 0.4) is 0 Å². The van der Waals surface area contributed by atoms with Crippen LogP contribution in [0.25, 0.3) is 32.8 Å². The van der Waals surface area contributed by atoms with Crippen LogP contribution in [0.5, 0.6) is 5.75 Å². The number of aliphatic hydroxyl groups is 1. The second kappa shape index (κ2) is 16.2. The fourth-order valence-electron chi connectivity index (χ4n) is 6.56. The van der Waals surface area contributed by atoms with E-state index < -0.39 is 11.6 Å². The fraction of sp³-hybridized carbons (Fsp3) is 0.425. The molecule has 0 bridgehead atoms. The minimum absolute atomic E-state index is 0.217. The van der Waals surface area contributed by atoms with Crippen LogP contribution in [0, 0.1) is 6.92 Å². The summed E-state index contributed by atoms with van der Waals surface area (Å²) in [5, 5.41) is 18.4. The fourth-order valence-corrected chi connectivity index (χ4v) is 6.80. The minimum atomic E-state index is -0.590. The lowest BCUT2D eigenvalue weighted by molar-refractivity contribution is 0.0296. The van der Waals surface area contributed by atoms with Crippen molar-refractivity contribution in [2.75, 3.05) is 26.8 Å². The van der Waals surface area contributed by atoms with Gasteiger partial charge in [0.15, 0.2) is 0 Å². The van der Waals surface area contributed by atoms with Crippen molar-refractivity contribution in [2.24, 2.45) is 7.05 Å². The van der Waals surface area contributed by atoms with Crippen molar-refractivity contribution in [2.45, 2.75) is 79.1 Å². The number of aromatic nitrogens is 3. The zero-order chi connectivity index (χ0) is 36.9. The molecule has 0 aliphatic rings. The molecule has 5 rings (SSSR count). The number of rotatable bonds is 14. The monoisotopic (exact) mass is 716 g/mol. The first-order valence-corrected chi connectivity index (χ1v) is 17.9. The second-order valence-corrected chi connectivity index (χ2v) is 14.2. The molecule has 10 nitrogen and oxygen atoms in total. The Morgan fingerprint density at radius 1 is 0.980 bits per heavy atom. The van der Waals surface area contributed by atoms with E-state index in [4.69, 9.17) is 25.8 Å². The molecule has 0 spiro atoms. The number of esters is 1. The van der Waals surface area contributed by atoms with Crippen molar-refractivity contribution in [1.29, 1.82) is 0 Å². The molecule has 272 valence electrons. The van der Waals surface area contributed by atoms with E-state index in [1.54, 1.807) is 23.6 Å². The molecule has 51 heavy (non-hydrogen) atoms. The Morgan fingerprint density at radius 2 is 1.73 bits per heavy atom. The summed E-state index contributed by atoms with van der Waals surface area (Å²) < 4.78 is 21.2. The number of ether oxygens (including phenoxy) is 3. The van der Waals surface area contributed by atoms with E-state index in [-0.39, 0.29) is 19.3 Å². The summed E-state index contributed by atoms with van der Waals surface area (Å²) in [6, 6.07) is 18.0. The van der Waals surface area contributed by atoms with E-state index in [1.165, 1.54) is 0 Å². The quantitative estimate of drug-likeness (QED) is 0.0907. The maximum Gasteiger partial charge on any atom is 0.410 e. The molecular weight excluding hydrogens is 668 g/mol. The van der Waals surface area contributed by atoms with E-state index in [1.807, 2.05) is 75.7 Å². The Bertz CT molecular complexity index is 2020. The number of carbonyl (C=O) groups is 2. The van der Waals surface area contributed by atoms with Gasteiger partial charge in [-0.1, -0.05) is 54.1 Å². The predicted molar refractivity (Wildman–Crippen MR) is 202 cm³/mol. The lowest BCUT2D eigenvalue weighted by Crippen LogP contribution is -2.34. The van der Waals surface area contributed by atoms with Gasteiger partial charge in [0.2, 0.25) is 0 Å². The van der Waals surface area contributed by atoms with E-state index in [0.717, 1.165) is 44.2 Å². The van der Waals surface area contributed by atoms with Gasteiger partial charge in [-0.2, -0.15) is 5.10 Å². The van der Waals surface area contributed by atoms with Gasteiger partial charge in [0, 0.05) is 54.8 Å². The molecule has 11 heteroatoms. The number of aliphatic hydroxyl groups excluding tert-OH is 1. The summed E-state index contributed by atoms with van der Waals surface area (Å²) in [6.45, 7) is 10.6. The first-order valence-electron chi connectivity index (χ1n) is 17.5. The summed E-state index contributed by atoms with van der Waals surface area (Å²) in [4.78, 5) is 28.1. The molecule has 0 saturated carbocycles. The molecule has 0 radical (unpaired) electrons. The minimum Gasteiger partial charge on any atom is -0.493 e. The number of fused-ring (bicyclic) bond motifs is 2. The highest BCUT2D eigenvalue weighted by Crippen LogP contribution is 2.42. The molecule has 3 aromatic carbocycles. The van der Waals surface area contributed by atoms with Gasteiger partial charge in [-0.05, 0) is 83.4 Å². The van der Waals surface area contributed by atoms with Gasteiger partial charge in [0.05, 0.1) is 36.1 Å². The van der Waals surface area contributed by atoms with Gasteiger partial charge in [-0.25, -0.2) is 9.59 Å². The topological polar surface area (TPSA) is 108 Å². The Balaban J connectivity index is 1.54. The van der Waals surface area contributed by atoms with Crippen LogP contribution in [-0.4, -0.2) is 68.8 Å². The first kappa shape index (κ1) is 37.7. The van der Waals surface area contributed by atoms with Crippen molar-refractivity contribution >= 4 is 45.3 Å². The molecule has 0 saturated heterocycles. The molecule has 0 atom stereocenters. The lowest BCUT2D eigenvalue weighted by atomic mass is 9.98. The van der Waals surface area contributed by atoms with Crippen LogP contribution in [-0.2, 0) is 36.1 Å². The van der Waals surface area contributed by atoms with Crippen LogP contribution < -0.4 is 4.74 Å². The molecule has 0 unspecified atom stereocenters. The van der Waals surface area contributed by atoms with E-state index in [0.29, 0.717) is 67.4 Å². The SMILES string of the molecule is CCOC(=O)c1c(CCCOc2cccc3ccccc23)c2ccc(Cl)c(-c3c(CO)nn(C)c3C)c2n1CCCCN(C)C(=O)OC(C)(C)C. The molecule has 2 heterocycles. The van der Waals surface area contributed by atoms with Crippen LogP contribution in [0.1, 0.15) is 74.4 Å². The second-order valence-electron chi connectivity index (χ2n) is 13.7. The molecule has 0 aliphatic heterocycles. The average Bonchev–Trinajstić information content (AvgIpc) is 3.56. The van der Waals surface area contributed by atoms with Crippen LogP contribution in [0.2, 0.25) is 5.02 Å². The highest BCUT2D eigenvalue weighted by molar-refractivity contribution is 6.35. The third-order valence-corrected chi connectivity index (χ3v) is 9.28. The number of amides is 1. The Labute approximate surface area is 304 Å². The number of benzene rings is 3. The Morgan fingerprint density at radius 3 is 2.45 bits per heavy atom. The standard InChI is InChI=1S/C40H49ClN4O6/c1-8-49-38(47)37-29(18-14-24-50-33-19-13-16-27-15-9-10-17-28(27)33)30-20-21-31(41)35(34-26(2)44(7)42-32(34)25-46)36(30)45(37)23-12-11-22-43(6)39(48)51-40(3,4)5/h9-10,13,15-17,19-21,46H,8,11-12,14,18,22-25H2,1-7H3. The summed E-state index contributed by atoms with van der Waals surface area (Å²) >= 11 is 7.03. The van der Waals surface area contributed by atoms with Crippen LogP contribution in [0.4, 0.5) is 4.79 Å². The van der Waals surface area contributed by atoms with Gasteiger partial charge in [0.1, 0.15) is 17.0 Å². The molecule has 2 aromatic heterocycles. The number of unbranched alkanes of at least 4 members (excludes halogenated alkanes) is 1. The van der Waals surface area contributed by atoms with Crippen molar-refractivity contribution in [3.8, 4) is 16.9 Å². The number of carbonyl (C=O) groups excluding carboxylic acids is 2. The number of nitrogens with zero attached hydrogens (tertiary/aromatic N) is 4. The molecular formula is C40H49ClN4O6. The molecule has 5 aromatic rings. The smallest absolute Gasteiger partial charge is 0.410 e. The number of halogens is 1. The third kappa shape index (κ3) is 8.34. The van der Waals surface area contributed by atoms with Crippen molar-refractivity contribution < 1.29 is 28.9 Å². The molecule has 1 N–H and O–H groups in total. The largest absolute Gasteiger partial charge is 0.493 e. The maximum atomic E-state index is 13.9. The average molecular weight is 717 g/mol. The van der Waals surface area contributed by atoms with E-state index in [9.17, 15) is 14.7 Å². The summed E-state index contributed by atoms with van der Waals surface area (Å²) in [5.74, 6) is 0.395. The highest BCUT2D eigenvalue weighted by atomic mass is 35.5. The third-order valence-electron chi connectivity index (χ3n) is 8.96. The normalized spacial score (nSPS) is 11.7. The van der Waals surface area contributed by atoms with Crippen molar-refractivity contribution in [3.63, 3.8) is 0 Å². The van der Waals surface area contributed by atoms with E-state index in [2.05, 4.69) is 23.3 Å². The van der Waals surface area contributed by atoms with Crippen molar-refractivity contribution in [1.82, 2.24) is 19.2 Å². The van der Waals surface area contributed by atoms with Gasteiger partial charge in [-0.3, -0.25) is 4.68 Å². The highest BCUT2D eigenvalue weighted by Gasteiger charge is 2.29. The van der Waals surface area contributed by atoms with Gasteiger partial charge in [0.25, 0.3) is 0 Å². The van der Waals surface area contributed by atoms with Gasteiger partial charge >= 0.3 is 12.1 Å². The van der Waals surface area contributed by atoms with Gasteiger partial charge in [-0.15, -0.1) is 0 Å². The zero-order valence-corrected chi connectivity index (χ0v) is 31.5. The summed E-state index contributed by atoms with van der Waals surface area (Å²) in [5.41, 5.74) is 4.28. The first-order chi connectivity index (χ1) is 24.4. The van der Waals surface area contributed by atoms with Crippen LogP contribution >= 0.6 is 11.6 Å². The molecule has 1 amide bonds. The molecule has 0 aliphatic carbocycles. The number of hydrogen-bond acceptors (Lipinski definition) is 7. The van der Waals surface area contributed by atoms with Gasteiger partial charge < -0.3 is 28.8 Å². The van der Waals surface area contributed by atoms with E-state index >= 15 is 0 Å². The van der Waals surface area contributed by atoms with Crippen molar-refractivity contribution in [3.05, 3.63) is 82.3 Å². The Hall–Kier alpha value is -4.54. The lowest BCUT2D eigenvalue weighted by Gasteiger charge is -2.24. The predicted octanol–water partition coefficient (Wildman–Crippen LogP) is 8.48. The number of aryl methyl sites for hydroxylation is 3. The van der Waals surface area contributed by atoms with Crippen LogP contribution in [0.15, 0.2) is 54.6 Å².